The van der Waals surface area contributed by atoms with Gasteiger partial charge in [0.15, 0.2) is 0 Å². The largest absolute Gasteiger partial charge is 0.357 e. The van der Waals surface area contributed by atoms with Crippen molar-refractivity contribution in [3.05, 3.63) is 139 Å². The Bertz CT molecular complexity index is 1750. The molecule has 0 radical (unpaired) electrons. The highest BCUT2D eigenvalue weighted by molar-refractivity contribution is 5.94. The monoisotopic (exact) mass is 526 g/mol. The molecule has 5 aromatic rings. The van der Waals surface area contributed by atoms with Crippen LogP contribution in [0.1, 0.15) is 41.6 Å². The summed E-state index contributed by atoms with van der Waals surface area (Å²) >= 11 is 0. The lowest BCUT2D eigenvalue weighted by Gasteiger charge is -2.07. The average Bonchev–Trinajstić information content (AvgIpc) is 3.70. The van der Waals surface area contributed by atoms with E-state index in [2.05, 4.69) is 88.8 Å². The third-order valence-corrected chi connectivity index (χ3v) is 7.01. The second kappa shape index (κ2) is 11.8. The Morgan fingerprint density at radius 3 is 2.60 bits per heavy atom. The Morgan fingerprint density at radius 2 is 1.90 bits per heavy atom. The molecule has 0 unspecified atom stereocenters. The fraction of sp³-hybridized carbons (Fsp3) is 0.147. The van der Waals surface area contributed by atoms with Crippen LogP contribution in [0.15, 0.2) is 110 Å². The number of benzene rings is 1. The highest BCUT2D eigenvalue weighted by Gasteiger charge is 2.17. The molecule has 0 spiro atoms. The van der Waals surface area contributed by atoms with Gasteiger partial charge >= 0.3 is 0 Å². The van der Waals surface area contributed by atoms with Crippen LogP contribution >= 0.6 is 0 Å². The number of aromatic nitrogens is 6. The van der Waals surface area contributed by atoms with Crippen molar-refractivity contribution >= 4 is 22.2 Å². The average molecular weight is 527 g/mol. The fourth-order valence-corrected chi connectivity index (χ4v) is 4.88. The summed E-state index contributed by atoms with van der Waals surface area (Å²) in [6.07, 6.45) is 17.5. The lowest BCUT2D eigenvalue weighted by Crippen LogP contribution is -1.96. The van der Waals surface area contributed by atoms with Crippen molar-refractivity contribution in [1.29, 1.82) is 0 Å². The summed E-state index contributed by atoms with van der Waals surface area (Å²) in [6.45, 7) is 14.1. The van der Waals surface area contributed by atoms with E-state index in [4.69, 9.17) is 4.98 Å². The molecule has 0 saturated carbocycles. The molecule has 0 bridgehead atoms. The van der Waals surface area contributed by atoms with E-state index in [1.54, 1.807) is 6.08 Å². The van der Waals surface area contributed by atoms with Crippen molar-refractivity contribution < 1.29 is 0 Å². The number of nitrogens with one attached hydrogen (secondary N) is 2. The molecule has 0 aliphatic rings. The number of imidazole rings is 1. The molecule has 4 aromatic heterocycles. The van der Waals surface area contributed by atoms with E-state index >= 15 is 0 Å². The van der Waals surface area contributed by atoms with Crippen molar-refractivity contribution in [1.82, 2.24) is 29.7 Å². The zero-order chi connectivity index (χ0) is 28.1. The Labute approximate surface area is 235 Å². The van der Waals surface area contributed by atoms with Gasteiger partial charge in [0, 0.05) is 22.8 Å². The second-order valence-corrected chi connectivity index (χ2v) is 9.77. The first kappa shape index (κ1) is 26.6. The lowest BCUT2D eigenvalue weighted by molar-refractivity contribution is 0.966. The normalized spacial score (nSPS) is 12.7. The second-order valence-electron chi connectivity index (χ2n) is 9.77. The first-order chi connectivity index (χ1) is 19.5. The Balaban J connectivity index is 1.48. The maximum atomic E-state index is 4.75. The zero-order valence-electron chi connectivity index (χ0n) is 23.3. The quantitative estimate of drug-likeness (QED) is 0.181. The van der Waals surface area contributed by atoms with E-state index in [0.29, 0.717) is 0 Å². The number of rotatable bonds is 10. The van der Waals surface area contributed by atoms with Crippen LogP contribution in [0.2, 0.25) is 0 Å². The SMILES string of the molecule is C=C/C=C(\c1cc(-c2n[nH]c3cnc(C(/C=C(\C=C)CCc4ccccc4)=C/C)cc23)[nH]c1C)n1cnc(C)c1. The first-order valence-electron chi connectivity index (χ1n) is 13.4. The number of H-pyrrole nitrogens is 2. The van der Waals surface area contributed by atoms with Crippen LogP contribution in [-0.4, -0.2) is 29.7 Å². The first-order valence-corrected chi connectivity index (χ1v) is 13.4. The molecule has 4 heterocycles. The van der Waals surface area contributed by atoms with Crippen molar-refractivity contribution in [3.63, 3.8) is 0 Å². The third kappa shape index (κ3) is 5.57. The van der Waals surface area contributed by atoms with Gasteiger partial charge in [-0.3, -0.25) is 10.1 Å². The minimum atomic E-state index is 0.847. The number of hydrogen-bond acceptors (Lipinski definition) is 3. The molecule has 0 atom stereocenters. The van der Waals surface area contributed by atoms with Gasteiger partial charge in [0.2, 0.25) is 0 Å². The topological polar surface area (TPSA) is 75.2 Å². The summed E-state index contributed by atoms with van der Waals surface area (Å²) in [5.74, 6) is 0. The van der Waals surface area contributed by atoms with Gasteiger partial charge in [-0.15, -0.1) is 0 Å². The number of hydrogen-bond donors (Lipinski definition) is 2. The fourth-order valence-electron chi connectivity index (χ4n) is 4.88. The maximum Gasteiger partial charge on any atom is 0.116 e. The standard InChI is InChI=1S/C34H34N6/c1-6-12-33(40-21-23(4)36-22-40)28-18-31(37-24(28)5)34-29-19-30(35-20-32(29)38-39-34)27(8-3)17-25(7-2)15-16-26-13-10-9-11-14-26/h6-14,17-22,37H,1-2,15-16H2,3-5H3,(H,38,39)/b25-17+,27-8+,33-12+. The van der Waals surface area contributed by atoms with E-state index in [0.717, 1.165) is 69.0 Å². The Kier molecular flexibility index (Phi) is 7.87. The van der Waals surface area contributed by atoms with Crippen molar-refractivity contribution in [3.8, 4) is 11.4 Å². The predicted octanol–water partition coefficient (Wildman–Crippen LogP) is 7.99. The van der Waals surface area contributed by atoms with Gasteiger partial charge in [0.25, 0.3) is 0 Å². The lowest BCUT2D eigenvalue weighted by atomic mass is 10.0. The van der Waals surface area contributed by atoms with E-state index in [1.165, 1.54) is 11.1 Å². The molecule has 0 aliphatic carbocycles. The molecule has 200 valence electrons. The van der Waals surface area contributed by atoms with E-state index in [-0.39, 0.29) is 0 Å². The summed E-state index contributed by atoms with van der Waals surface area (Å²) in [7, 11) is 0. The van der Waals surface area contributed by atoms with Crippen LogP contribution < -0.4 is 0 Å². The molecule has 2 N–H and O–H groups in total. The number of fused-ring (bicyclic) bond motifs is 1. The molecule has 40 heavy (non-hydrogen) atoms. The molecule has 0 amide bonds. The van der Waals surface area contributed by atoms with Gasteiger partial charge in [-0.25, -0.2) is 4.98 Å². The van der Waals surface area contributed by atoms with Gasteiger partial charge < -0.3 is 9.55 Å². The maximum absolute atomic E-state index is 4.75. The molecule has 5 rings (SSSR count). The molecule has 1 aromatic carbocycles. The van der Waals surface area contributed by atoms with Crippen LogP contribution in [0, 0.1) is 13.8 Å². The predicted molar refractivity (Wildman–Crippen MR) is 166 cm³/mol. The summed E-state index contributed by atoms with van der Waals surface area (Å²) in [5, 5.41) is 8.81. The van der Waals surface area contributed by atoms with Gasteiger partial charge in [-0.05, 0) is 74.6 Å². The Morgan fingerprint density at radius 1 is 1.07 bits per heavy atom. The molecule has 0 fully saturated rings. The van der Waals surface area contributed by atoms with E-state index < -0.39 is 0 Å². The minimum absolute atomic E-state index is 0.847. The van der Waals surface area contributed by atoms with Gasteiger partial charge in [0.05, 0.1) is 40.8 Å². The summed E-state index contributed by atoms with van der Waals surface area (Å²) in [6, 6.07) is 14.8. The number of aromatic amines is 2. The summed E-state index contributed by atoms with van der Waals surface area (Å²) in [4.78, 5) is 12.7. The molecule has 0 aliphatic heterocycles. The molecular weight excluding hydrogens is 492 g/mol. The number of aryl methyl sites for hydroxylation is 3. The van der Waals surface area contributed by atoms with Gasteiger partial charge in [-0.1, -0.05) is 61.7 Å². The molecule has 0 saturated heterocycles. The van der Waals surface area contributed by atoms with Gasteiger partial charge in [-0.2, -0.15) is 5.10 Å². The van der Waals surface area contributed by atoms with Crippen LogP contribution in [0.4, 0.5) is 0 Å². The zero-order valence-corrected chi connectivity index (χ0v) is 23.3. The number of pyridine rings is 1. The van der Waals surface area contributed by atoms with Crippen molar-refractivity contribution in [2.75, 3.05) is 0 Å². The molecule has 6 nitrogen and oxygen atoms in total. The summed E-state index contributed by atoms with van der Waals surface area (Å²) < 4.78 is 2.02. The highest BCUT2D eigenvalue weighted by atomic mass is 15.1. The van der Waals surface area contributed by atoms with E-state index in [1.807, 2.05) is 55.4 Å². The molecular formula is C34H34N6. The third-order valence-electron chi connectivity index (χ3n) is 7.01. The van der Waals surface area contributed by atoms with Crippen LogP contribution in [0.5, 0.6) is 0 Å². The summed E-state index contributed by atoms with van der Waals surface area (Å²) in [5.41, 5.74) is 11.1. The van der Waals surface area contributed by atoms with Crippen LogP contribution in [0.25, 0.3) is 33.6 Å². The Hall–Kier alpha value is -4.97. The van der Waals surface area contributed by atoms with Crippen LogP contribution in [0.3, 0.4) is 0 Å². The minimum Gasteiger partial charge on any atom is -0.357 e. The number of allylic oxidation sites excluding steroid dienone is 7. The smallest absolute Gasteiger partial charge is 0.116 e. The highest BCUT2D eigenvalue weighted by Crippen LogP contribution is 2.32. The van der Waals surface area contributed by atoms with Crippen molar-refractivity contribution in [2.45, 2.75) is 33.6 Å². The van der Waals surface area contributed by atoms with Crippen molar-refractivity contribution in [2.24, 2.45) is 0 Å². The van der Waals surface area contributed by atoms with Crippen LogP contribution in [-0.2, 0) is 6.42 Å². The molecule has 6 heteroatoms. The number of nitrogens with zero attached hydrogens (tertiary/aromatic N) is 4. The van der Waals surface area contributed by atoms with Gasteiger partial charge in [0.1, 0.15) is 5.69 Å². The van der Waals surface area contributed by atoms with E-state index in [9.17, 15) is 0 Å².